The second kappa shape index (κ2) is 6.91. The number of benzene rings is 2. The van der Waals surface area contributed by atoms with Crippen LogP contribution in [0, 0.1) is 0 Å². The minimum Gasteiger partial charge on any atom is -0.366 e. The molecule has 2 rings (SSSR count). The third kappa shape index (κ3) is 3.40. The average molecular weight is 243 g/mol. The van der Waals surface area contributed by atoms with Crippen LogP contribution in [0.1, 0.15) is 17.2 Å². The lowest BCUT2D eigenvalue weighted by Crippen LogP contribution is -2.13. The van der Waals surface area contributed by atoms with Crippen LogP contribution in [0.15, 0.2) is 60.7 Å². The van der Waals surface area contributed by atoms with Gasteiger partial charge < -0.3 is 9.57 Å². The molecule has 0 aliphatic rings. The lowest BCUT2D eigenvalue weighted by atomic mass is 10.0. The van der Waals surface area contributed by atoms with Crippen molar-refractivity contribution in [1.29, 1.82) is 0 Å². The third-order valence-electron chi connectivity index (χ3n) is 2.69. The summed E-state index contributed by atoms with van der Waals surface area (Å²) in [7, 11) is 0. The molecular weight excluding hydrogens is 226 g/mol. The van der Waals surface area contributed by atoms with Crippen molar-refractivity contribution in [3.05, 3.63) is 71.8 Å². The zero-order chi connectivity index (χ0) is 12.6. The molecule has 0 atom stereocenters. The summed E-state index contributed by atoms with van der Waals surface area (Å²) in [5.74, 6) is 5.01. The Labute approximate surface area is 107 Å². The van der Waals surface area contributed by atoms with Crippen LogP contribution in [-0.4, -0.2) is 13.2 Å². The largest absolute Gasteiger partial charge is 0.366 e. The molecule has 94 valence electrons. The van der Waals surface area contributed by atoms with E-state index in [2.05, 4.69) is 29.1 Å². The van der Waals surface area contributed by atoms with Gasteiger partial charge in [-0.25, -0.2) is 5.90 Å². The first-order chi connectivity index (χ1) is 8.92. The van der Waals surface area contributed by atoms with Crippen LogP contribution in [0.2, 0.25) is 0 Å². The molecule has 0 aliphatic carbocycles. The van der Waals surface area contributed by atoms with E-state index in [1.54, 1.807) is 0 Å². The maximum atomic E-state index is 5.85. The van der Waals surface area contributed by atoms with Gasteiger partial charge in [0, 0.05) is 0 Å². The predicted molar refractivity (Wildman–Crippen MR) is 70.8 cm³/mol. The molecule has 0 fully saturated rings. The number of nitrogens with two attached hydrogens (primary N) is 1. The second-order valence-electron chi connectivity index (χ2n) is 3.94. The van der Waals surface area contributed by atoms with E-state index < -0.39 is 0 Å². The van der Waals surface area contributed by atoms with Crippen LogP contribution in [0.3, 0.4) is 0 Å². The molecule has 0 radical (unpaired) electrons. The van der Waals surface area contributed by atoms with E-state index >= 15 is 0 Å². The van der Waals surface area contributed by atoms with Gasteiger partial charge in [0.1, 0.15) is 6.10 Å². The minimum atomic E-state index is -0.0810. The topological polar surface area (TPSA) is 44.5 Å². The molecule has 0 heterocycles. The summed E-state index contributed by atoms with van der Waals surface area (Å²) in [6.07, 6.45) is -0.0810. The lowest BCUT2D eigenvalue weighted by Gasteiger charge is -2.18. The Morgan fingerprint density at radius 1 is 0.778 bits per heavy atom. The zero-order valence-electron chi connectivity index (χ0n) is 10.2. The Morgan fingerprint density at radius 2 is 1.28 bits per heavy atom. The summed E-state index contributed by atoms with van der Waals surface area (Å²) < 4.78 is 5.85. The molecule has 0 spiro atoms. The Morgan fingerprint density at radius 3 is 1.72 bits per heavy atom. The molecule has 2 aromatic rings. The van der Waals surface area contributed by atoms with Crippen LogP contribution < -0.4 is 5.90 Å². The lowest BCUT2D eigenvalue weighted by molar-refractivity contribution is 0.0195. The molecule has 18 heavy (non-hydrogen) atoms. The standard InChI is InChI=1S/C15H17NO2/c16-18-12-11-17-15(13-7-3-1-4-8-13)14-9-5-2-6-10-14/h1-10,15H,11-12,16H2. The maximum Gasteiger partial charge on any atom is 0.108 e. The average Bonchev–Trinajstić information content (AvgIpc) is 2.46. The molecule has 2 N–H and O–H groups in total. The van der Waals surface area contributed by atoms with E-state index in [0.29, 0.717) is 13.2 Å². The Kier molecular flexibility index (Phi) is 4.90. The highest BCUT2D eigenvalue weighted by atomic mass is 16.6. The number of rotatable bonds is 6. The Hall–Kier alpha value is -1.68. The van der Waals surface area contributed by atoms with Gasteiger partial charge in [0.15, 0.2) is 0 Å². The van der Waals surface area contributed by atoms with Gasteiger partial charge in [-0.05, 0) is 11.1 Å². The molecule has 0 unspecified atom stereocenters. The summed E-state index contributed by atoms with van der Waals surface area (Å²) in [4.78, 5) is 4.54. The first-order valence-corrected chi connectivity index (χ1v) is 5.95. The van der Waals surface area contributed by atoms with E-state index in [4.69, 9.17) is 10.6 Å². The maximum absolute atomic E-state index is 5.85. The fraction of sp³-hybridized carbons (Fsp3) is 0.200. The van der Waals surface area contributed by atoms with Crippen molar-refractivity contribution in [3.63, 3.8) is 0 Å². The van der Waals surface area contributed by atoms with Gasteiger partial charge in [-0.2, -0.15) is 0 Å². The monoisotopic (exact) mass is 243 g/mol. The Bertz CT molecular complexity index is 405. The van der Waals surface area contributed by atoms with Crippen molar-refractivity contribution in [2.24, 2.45) is 5.90 Å². The second-order valence-corrected chi connectivity index (χ2v) is 3.94. The first-order valence-electron chi connectivity index (χ1n) is 5.95. The normalized spacial score (nSPS) is 10.8. The third-order valence-corrected chi connectivity index (χ3v) is 2.69. The van der Waals surface area contributed by atoms with E-state index in [1.165, 1.54) is 0 Å². The molecule has 0 bridgehead atoms. The highest BCUT2D eigenvalue weighted by Crippen LogP contribution is 2.25. The van der Waals surface area contributed by atoms with E-state index in [9.17, 15) is 0 Å². The van der Waals surface area contributed by atoms with Gasteiger partial charge >= 0.3 is 0 Å². The van der Waals surface area contributed by atoms with Gasteiger partial charge in [0.05, 0.1) is 13.2 Å². The van der Waals surface area contributed by atoms with Gasteiger partial charge in [-0.3, -0.25) is 0 Å². The fourth-order valence-corrected chi connectivity index (χ4v) is 1.85. The Balaban J connectivity index is 2.18. The van der Waals surface area contributed by atoms with E-state index in [-0.39, 0.29) is 6.10 Å². The molecule has 2 aromatic carbocycles. The molecular formula is C15H17NO2. The van der Waals surface area contributed by atoms with Crippen molar-refractivity contribution in [3.8, 4) is 0 Å². The molecule has 3 nitrogen and oxygen atoms in total. The van der Waals surface area contributed by atoms with Crippen molar-refractivity contribution in [2.75, 3.05) is 13.2 Å². The minimum absolute atomic E-state index is 0.0810. The van der Waals surface area contributed by atoms with Gasteiger partial charge in [-0.1, -0.05) is 60.7 Å². The van der Waals surface area contributed by atoms with Crippen molar-refractivity contribution < 1.29 is 9.57 Å². The molecule has 3 heteroatoms. The van der Waals surface area contributed by atoms with Gasteiger partial charge in [0.25, 0.3) is 0 Å². The summed E-state index contributed by atoms with van der Waals surface area (Å²) in [5.41, 5.74) is 2.25. The van der Waals surface area contributed by atoms with Crippen molar-refractivity contribution in [2.45, 2.75) is 6.10 Å². The molecule has 0 aliphatic heterocycles. The fourth-order valence-electron chi connectivity index (χ4n) is 1.85. The molecule has 0 saturated heterocycles. The zero-order valence-corrected chi connectivity index (χ0v) is 10.2. The number of hydrogen-bond acceptors (Lipinski definition) is 3. The molecule has 0 aromatic heterocycles. The summed E-state index contributed by atoms with van der Waals surface area (Å²) >= 11 is 0. The van der Waals surface area contributed by atoms with Crippen LogP contribution in [0.5, 0.6) is 0 Å². The van der Waals surface area contributed by atoms with Crippen molar-refractivity contribution in [1.82, 2.24) is 0 Å². The SMILES string of the molecule is NOCCOC(c1ccccc1)c1ccccc1. The van der Waals surface area contributed by atoms with E-state index in [0.717, 1.165) is 11.1 Å². The van der Waals surface area contributed by atoms with Crippen molar-refractivity contribution >= 4 is 0 Å². The quantitative estimate of drug-likeness (QED) is 0.626. The molecule has 0 amide bonds. The van der Waals surface area contributed by atoms with Gasteiger partial charge in [0.2, 0.25) is 0 Å². The van der Waals surface area contributed by atoms with Gasteiger partial charge in [-0.15, -0.1) is 0 Å². The van der Waals surface area contributed by atoms with Crippen LogP contribution in [0.25, 0.3) is 0 Å². The summed E-state index contributed by atoms with van der Waals surface area (Å²) in [6, 6.07) is 20.2. The van der Waals surface area contributed by atoms with Crippen LogP contribution >= 0.6 is 0 Å². The van der Waals surface area contributed by atoms with E-state index in [1.807, 2.05) is 36.4 Å². The molecule has 0 saturated carbocycles. The predicted octanol–water partition coefficient (Wildman–Crippen LogP) is 2.68. The van der Waals surface area contributed by atoms with Crippen LogP contribution in [0.4, 0.5) is 0 Å². The first kappa shape index (κ1) is 12.8. The summed E-state index contributed by atoms with van der Waals surface area (Å²) in [6.45, 7) is 0.848. The smallest absolute Gasteiger partial charge is 0.108 e. The van der Waals surface area contributed by atoms with Crippen LogP contribution in [-0.2, 0) is 9.57 Å². The highest BCUT2D eigenvalue weighted by Gasteiger charge is 2.13. The highest BCUT2D eigenvalue weighted by molar-refractivity contribution is 5.29. The number of ether oxygens (including phenoxy) is 1. The number of hydrogen-bond donors (Lipinski definition) is 1. The summed E-state index contributed by atoms with van der Waals surface area (Å²) in [5, 5.41) is 0.